The highest BCUT2D eigenvalue weighted by molar-refractivity contribution is 5.00. The second-order valence-corrected chi connectivity index (χ2v) is 6.55. The largest absolute Gasteiger partial charge is 0.350 e. The van der Waals surface area contributed by atoms with Crippen LogP contribution in [0.25, 0.3) is 0 Å². The molecule has 0 bridgehead atoms. The molecule has 2 rings (SSSR count). The molecule has 0 aliphatic carbocycles. The van der Waals surface area contributed by atoms with E-state index in [2.05, 4.69) is 4.98 Å². The maximum Gasteiger partial charge on any atom is 0.328 e. The summed E-state index contributed by atoms with van der Waals surface area (Å²) in [5, 5.41) is 0. The van der Waals surface area contributed by atoms with Crippen molar-refractivity contribution in [3.63, 3.8) is 0 Å². The molecular formula is C18H30N2O4. The van der Waals surface area contributed by atoms with Gasteiger partial charge in [-0.2, -0.15) is 0 Å². The summed E-state index contributed by atoms with van der Waals surface area (Å²) in [7, 11) is 0. The molecule has 0 unspecified atom stereocenters. The van der Waals surface area contributed by atoms with E-state index in [1.54, 1.807) is 17.7 Å². The molecule has 1 N–H and O–H groups in total. The van der Waals surface area contributed by atoms with Crippen LogP contribution >= 0.6 is 0 Å². The van der Waals surface area contributed by atoms with Gasteiger partial charge in [0.25, 0.3) is 5.56 Å². The maximum absolute atomic E-state index is 11.6. The Hall–Kier alpha value is -1.40. The van der Waals surface area contributed by atoms with E-state index in [0.717, 1.165) is 32.5 Å². The number of aryl methyl sites for hydroxylation is 2. The van der Waals surface area contributed by atoms with E-state index in [1.165, 1.54) is 38.5 Å². The number of nitrogens with zero attached hydrogens (tertiary/aromatic N) is 1. The van der Waals surface area contributed by atoms with Crippen molar-refractivity contribution in [2.24, 2.45) is 0 Å². The third-order valence-electron chi connectivity index (χ3n) is 4.47. The SMILES string of the molecule is Cc1cn(CCCCCCCCCCC2OCCO2)c(=O)[nH]c1=O. The van der Waals surface area contributed by atoms with Gasteiger partial charge in [-0.15, -0.1) is 0 Å². The van der Waals surface area contributed by atoms with Gasteiger partial charge in [0.05, 0.1) is 13.2 Å². The number of unbranched alkanes of at least 4 members (excludes halogenated alkanes) is 7. The Kier molecular flexibility index (Phi) is 8.25. The lowest BCUT2D eigenvalue weighted by atomic mass is 10.1. The monoisotopic (exact) mass is 338 g/mol. The topological polar surface area (TPSA) is 73.3 Å². The zero-order valence-electron chi connectivity index (χ0n) is 14.7. The van der Waals surface area contributed by atoms with E-state index >= 15 is 0 Å². The van der Waals surface area contributed by atoms with Gasteiger partial charge in [-0.25, -0.2) is 4.79 Å². The Morgan fingerprint density at radius 3 is 2.25 bits per heavy atom. The van der Waals surface area contributed by atoms with Crippen LogP contribution in [0.1, 0.15) is 63.4 Å². The fourth-order valence-corrected chi connectivity index (χ4v) is 3.01. The van der Waals surface area contributed by atoms with E-state index in [-0.39, 0.29) is 17.5 Å². The molecule has 136 valence electrons. The van der Waals surface area contributed by atoms with Crippen molar-refractivity contribution in [2.75, 3.05) is 13.2 Å². The van der Waals surface area contributed by atoms with E-state index in [9.17, 15) is 9.59 Å². The van der Waals surface area contributed by atoms with Crippen LogP contribution in [-0.2, 0) is 16.0 Å². The molecule has 1 fully saturated rings. The predicted octanol–water partition coefficient (Wildman–Crippen LogP) is 2.73. The molecule has 6 nitrogen and oxygen atoms in total. The normalized spacial score (nSPS) is 15.2. The molecule has 0 spiro atoms. The van der Waals surface area contributed by atoms with E-state index in [0.29, 0.717) is 12.1 Å². The van der Waals surface area contributed by atoms with Crippen molar-refractivity contribution in [2.45, 2.75) is 77.5 Å². The second kappa shape index (κ2) is 10.5. The lowest BCUT2D eigenvalue weighted by Gasteiger charge is -2.08. The summed E-state index contributed by atoms with van der Waals surface area (Å²) < 4.78 is 12.4. The van der Waals surface area contributed by atoms with Crippen molar-refractivity contribution in [1.82, 2.24) is 9.55 Å². The minimum Gasteiger partial charge on any atom is -0.350 e. The number of ether oxygens (including phenoxy) is 2. The molecule has 24 heavy (non-hydrogen) atoms. The fraction of sp³-hybridized carbons (Fsp3) is 0.778. The van der Waals surface area contributed by atoms with Crippen molar-refractivity contribution >= 4 is 0 Å². The number of hydrogen-bond acceptors (Lipinski definition) is 4. The van der Waals surface area contributed by atoms with Crippen LogP contribution in [0, 0.1) is 6.92 Å². The average Bonchev–Trinajstić information content (AvgIpc) is 3.07. The molecule has 0 saturated carbocycles. The lowest BCUT2D eigenvalue weighted by molar-refractivity contribution is -0.0480. The maximum atomic E-state index is 11.6. The average molecular weight is 338 g/mol. The highest BCUT2D eigenvalue weighted by Gasteiger charge is 2.14. The van der Waals surface area contributed by atoms with Crippen LogP contribution in [0.4, 0.5) is 0 Å². The Morgan fingerprint density at radius 2 is 1.58 bits per heavy atom. The molecule has 0 atom stereocenters. The first-order valence-electron chi connectivity index (χ1n) is 9.20. The van der Waals surface area contributed by atoms with Crippen LogP contribution < -0.4 is 11.2 Å². The summed E-state index contributed by atoms with van der Waals surface area (Å²) in [6.45, 7) is 3.89. The van der Waals surface area contributed by atoms with Gasteiger partial charge in [-0.1, -0.05) is 38.5 Å². The third-order valence-corrected chi connectivity index (χ3v) is 4.47. The summed E-state index contributed by atoms with van der Waals surface area (Å²) in [4.78, 5) is 25.3. The zero-order valence-corrected chi connectivity index (χ0v) is 14.7. The Balaban J connectivity index is 1.45. The smallest absolute Gasteiger partial charge is 0.328 e. The number of aromatic nitrogens is 2. The zero-order chi connectivity index (χ0) is 17.2. The summed E-state index contributed by atoms with van der Waals surface area (Å²) in [5.41, 5.74) is -0.00821. The first-order chi connectivity index (χ1) is 11.7. The van der Waals surface area contributed by atoms with Crippen molar-refractivity contribution in [3.8, 4) is 0 Å². The molecule has 0 radical (unpaired) electrons. The van der Waals surface area contributed by atoms with Gasteiger partial charge in [-0.3, -0.25) is 9.78 Å². The minimum atomic E-state index is -0.305. The number of nitrogens with one attached hydrogen (secondary N) is 1. The summed E-state index contributed by atoms with van der Waals surface area (Å²) >= 11 is 0. The van der Waals surface area contributed by atoms with E-state index in [4.69, 9.17) is 9.47 Å². The van der Waals surface area contributed by atoms with Gasteiger partial charge >= 0.3 is 5.69 Å². The van der Waals surface area contributed by atoms with E-state index < -0.39 is 0 Å². The summed E-state index contributed by atoms with van der Waals surface area (Å²) in [6.07, 6.45) is 12.2. The van der Waals surface area contributed by atoms with Gasteiger partial charge in [0.2, 0.25) is 0 Å². The number of rotatable bonds is 11. The number of H-pyrrole nitrogens is 1. The van der Waals surface area contributed by atoms with Crippen LogP contribution in [0.2, 0.25) is 0 Å². The first kappa shape index (κ1) is 18.9. The Morgan fingerprint density at radius 1 is 1.00 bits per heavy atom. The van der Waals surface area contributed by atoms with Gasteiger partial charge < -0.3 is 14.0 Å². The Labute approximate surface area is 143 Å². The molecule has 1 saturated heterocycles. The molecular weight excluding hydrogens is 308 g/mol. The molecule has 1 aromatic rings. The second-order valence-electron chi connectivity index (χ2n) is 6.55. The fourth-order valence-electron chi connectivity index (χ4n) is 3.01. The highest BCUT2D eigenvalue weighted by atomic mass is 16.7. The molecule has 2 heterocycles. The standard InChI is InChI=1S/C18H30N2O4/c1-15-14-20(18(22)19-17(15)21)11-9-7-5-3-2-4-6-8-10-16-23-12-13-24-16/h14,16H,2-13H2,1H3,(H,19,21,22). The molecule has 1 aromatic heterocycles. The van der Waals surface area contributed by atoms with Gasteiger partial charge in [0, 0.05) is 18.3 Å². The quantitative estimate of drug-likeness (QED) is 0.630. The molecule has 1 aliphatic rings. The van der Waals surface area contributed by atoms with E-state index in [1.807, 2.05) is 0 Å². The highest BCUT2D eigenvalue weighted by Crippen LogP contribution is 2.14. The predicted molar refractivity (Wildman–Crippen MR) is 93.3 cm³/mol. The van der Waals surface area contributed by atoms with Crippen LogP contribution in [0.3, 0.4) is 0 Å². The third kappa shape index (κ3) is 6.61. The van der Waals surface area contributed by atoms with Crippen LogP contribution in [0.5, 0.6) is 0 Å². The Bertz CT molecular complexity index is 587. The lowest BCUT2D eigenvalue weighted by Crippen LogP contribution is -2.30. The van der Waals surface area contributed by atoms with Crippen molar-refractivity contribution in [1.29, 1.82) is 0 Å². The first-order valence-corrected chi connectivity index (χ1v) is 9.20. The van der Waals surface area contributed by atoms with Gasteiger partial charge in [0.1, 0.15) is 0 Å². The summed E-state index contributed by atoms with van der Waals surface area (Å²) in [5.74, 6) is 0. The van der Waals surface area contributed by atoms with Crippen molar-refractivity contribution < 1.29 is 9.47 Å². The molecule has 0 aromatic carbocycles. The van der Waals surface area contributed by atoms with Gasteiger partial charge in [-0.05, 0) is 26.2 Å². The number of aromatic amines is 1. The molecule has 1 aliphatic heterocycles. The van der Waals surface area contributed by atoms with Crippen LogP contribution in [0.15, 0.2) is 15.8 Å². The van der Waals surface area contributed by atoms with Gasteiger partial charge in [0.15, 0.2) is 6.29 Å². The minimum absolute atomic E-state index is 0.0463. The number of hydrogen-bond donors (Lipinski definition) is 1. The molecule has 6 heteroatoms. The van der Waals surface area contributed by atoms with Crippen molar-refractivity contribution in [3.05, 3.63) is 32.6 Å². The molecule has 0 amide bonds. The van der Waals surface area contributed by atoms with Crippen LogP contribution in [-0.4, -0.2) is 29.1 Å². The summed E-state index contributed by atoms with van der Waals surface area (Å²) in [6, 6.07) is 0.